The predicted octanol–water partition coefficient (Wildman–Crippen LogP) is 2.66. The maximum absolute atomic E-state index is 12.4. The molecular weight excluding hydrogens is 292 g/mol. The summed E-state index contributed by atoms with van der Waals surface area (Å²) in [5, 5.41) is 5.97. The molecule has 1 heterocycles. The summed E-state index contributed by atoms with van der Waals surface area (Å²) in [7, 11) is 1.63. The quantitative estimate of drug-likeness (QED) is 0.768. The standard InChI is InChI=1S/C17H22N4O2/c1-4-13-7-5-6-12(2)15(13)21-16(22)14-10-19-17(20-11-14)18-8-9-23-3/h5-7,10-11H,4,8-9H2,1-3H3,(H,21,22)(H,18,19,20). The molecule has 2 aromatic rings. The van der Waals surface area contributed by atoms with E-state index in [2.05, 4.69) is 27.5 Å². The number of aromatic nitrogens is 2. The van der Waals surface area contributed by atoms with E-state index in [9.17, 15) is 4.79 Å². The normalized spacial score (nSPS) is 10.4. The fourth-order valence-corrected chi connectivity index (χ4v) is 2.19. The molecule has 0 atom stereocenters. The summed E-state index contributed by atoms with van der Waals surface area (Å²) in [5.41, 5.74) is 3.43. The molecule has 0 aliphatic carbocycles. The molecule has 122 valence electrons. The number of nitrogens with one attached hydrogen (secondary N) is 2. The van der Waals surface area contributed by atoms with Crippen LogP contribution in [0.15, 0.2) is 30.6 Å². The number of methoxy groups -OCH3 is 1. The lowest BCUT2D eigenvalue weighted by Gasteiger charge is -2.13. The van der Waals surface area contributed by atoms with E-state index >= 15 is 0 Å². The molecule has 6 nitrogen and oxygen atoms in total. The van der Waals surface area contributed by atoms with Crippen LogP contribution in [0, 0.1) is 6.92 Å². The van der Waals surface area contributed by atoms with Crippen molar-refractivity contribution in [1.29, 1.82) is 0 Å². The molecule has 0 spiro atoms. The number of amides is 1. The van der Waals surface area contributed by atoms with Crippen molar-refractivity contribution in [3.8, 4) is 0 Å². The van der Waals surface area contributed by atoms with Gasteiger partial charge >= 0.3 is 0 Å². The van der Waals surface area contributed by atoms with Crippen LogP contribution in [0.1, 0.15) is 28.4 Å². The first-order valence-corrected chi connectivity index (χ1v) is 7.60. The molecule has 1 amide bonds. The van der Waals surface area contributed by atoms with E-state index in [1.807, 2.05) is 25.1 Å². The average Bonchev–Trinajstić information content (AvgIpc) is 2.57. The highest BCUT2D eigenvalue weighted by Crippen LogP contribution is 2.21. The number of ether oxygens (including phenoxy) is 1. The molecule has 0 radical (unpaired) electrons. The second-order valence-corrected chi connectivity index (χ2v) is 5.13. The Morgan fingerprint density at radius 2 is 2.00 bits per heavy atom. The fraction of sp³-hybridized carbons (Fsp3) is 0.353. The summed E-state index contributed by atoms with van der Waals surface area (Å²) in [5.74, 6) is 0.265. The lowest BCUT2D eigenvalue weighted by molar-refractivity contribution is 0.102. The van der Waals surface area contributed by atoms with E-state index in [1.165, 1.54) is 12.4 Å². The van der Waals surface area contributed by atoms with Gasteiger partial charge in [-0.25, -0.2) is 9.97 Å². The number of hydrogen-bond acceptors (Lipinski definition) is 5. The maximum atomic E-state index is 12.4. The third kappa shape index (κ3) is 4.50. The van der Waals surface area contributed by atoms with Crippen molar-refractivity contribution in [2.75, 3.05) is 30.9 Å². The Hall–Kier alpha value is -2.47. The van der Waals surface area contributed by atoms with Crippen LogP contribution in [0.2, 0.25) is 0 Å². The van der Waals surface area contributed by atoms with Gasteiger partial charge in [0.25, 0.3) is 5.91 Å². The van der Waals surface area contributed by atoms with Crippen molar-refractivity contribution in [1.82, 2.24) is 9.97 Å². The number of carbonyl (C=O) groups is 1. The van der Waals surface area contributed by atoms with Crippen LogP contribution < -0.4 is 10.6 Å². The minimum Gasteiger partial charge on any atom is -0.383 e. The molecule has 0 aliphatic heterocycles. The van der Waals surface area contributed by atoms with Crippen LogP contribution >= 0.6 is 0 Å². The van der Waals surface area contributed by atoms with Crippen molar-refractivity contribution in [3.05, 3.63) is 47.3 Å². The number of anilines is 2. The van der Waals surface area contributed by atoms with E-state index in [1.54, 1.807) is 7.11 Å². The van der Waals surface area contributed by atoms with E-state index < -0.39 is 0 Å². The Morgan fingerprint density at radius 3 is 2.65 bits per heavy atom. The lowest BCUT2D eigenvalue weighted by Crippen LogP contribution is -2.16. The third-order valence-corrected chi connectivity index (χ3v) is 3.48. The number of para-hydroxylation sites is 1. The Labute approximate surface area is 136 Å². The summed E-state index contributed by atoms with van der Waals surface area (Å²) >= 11 is 0. The molecular formula is C17H22N4O2. The van der Waals surface area contributed by atoms with Crippen LogP contribution in [0.4, 0.5) is 11.6 Å². The Kier molecular flexibility index (Phi) is 6.05. The van der Waals surface area contributed by atoms with E-state index in [-0.39, 0.29) is 5.91 Å². The summed E-state index contributed by atoms with van der Waals surface area (Å²) < 4.78 is 4.94. The van der Waals surface area contributed by atoms with Crippen LogP contribution in [0.3, 0.4) is 0 Å². The molecule has 0 saturated heterocycles. The van der Waals surface area contributed by atoms with Gasteiger partial charge in [0.05, 0.1) is 12.2 Å². The minimum absolute atomic E-state index is 0.211. The van der Waals surface area contributed by atoms with Crippen LogP contribution in [0.25, 0.3) is 0 Å². The zero-order chi connectivity index (χ0) is 16.7. The van der Waals surface area contributed by atoms with Crippen LogP contribution in [-0.2, 0) is 11.2 Å². The van der Waals surface area contributed by atoms with Gasteiger partial charge in [-0.05, 0) is 24.5 Å². The van der Waals surface area contributed by atoms with E-state index in [0.717, 1.165) is 23.2 Å². The minimum atomic E-state index is -0.211. The average molecular weight is 314 g/mol. The second kappa shape index (κ2) is 8.24. The number of carbonyl (C=O) groups excluding carboxylic acids is 1. The molecule has 0 saturated carbocycles. The van der Waals surface area contributed by atoms with Crippen LogP contribution in [-0.4, -0.2) is 36.1 Å². The number of benzene rings is 1. The van der Waals surface area contributed by atoms with Crippen molar-refractivity contribution >= 4 is 17.5 Å². The molecule has 23 heavy (non-hydrogen) atoms. The molecule has 2 rings (SSSR count). The monoisotopic (exact) mass is 314 g/mol. The Balaban J connectivity index is 2.06. The molecule has 1 aromatic carbocycles. The first kappa shape index (κ1) is 16.9. The van der Waals surface area contributed by atoms with E-state index in [0.29, 0.717) is 24.7 Å². The summed E-state index contributed by atoms with van der Waals surface area (Å²) in [6.45, 7) is 5.23. The lowest BCUT2D eigenvalue weighted by atomic mass is 10.1. The maximum Gasteiger partial charge on any atom is 0.258 e. The van der Waals surface area contributed by atoms with Crippen molar-refractivity contribution < 1.29 is 9.53 Å². The number of hydrogen-bond donors (Lipinski definition) is 2. The topological polar surface area (TPSA) is 76.1 Å². The van der Waals surface area contributed by atoms with Crippen molar-refractivity contribution in [2.24, 2.45) is 0 Å². The molecule has 1 aromatic heterocycles. The molecule has 2 N–H and O–H groups in total. The zero-order valence-electron chi connectivity index (χ0n) is 13.7. The Bertz CT molecular complexity index is 656. The molecule has 0 fully saturated rings. The van der Waals surface area contributed by atoms with Gasteiger partial charge in [0.2, 0.25) is 5.95 Å². The van der Waals surface area contributed by atoms with Gasteiger partial charge in [-0.3, -0.25) is 4.79 Å². The van der Waals surface area contributed by atoms with Gasteiger partial charge in [0.1, 0.15) is 0 Å². The highest BCUT2D eigenvalue weighted by molar-refractivity contribution is 6.04. The molecule has 6 heteroatoms. The first-order chi connectivity index (χ1) is 11.2. The van der Waals surface area contributed by atoms with Gasteiger partial charge in [0.15, 0.2) is 0 Å². The van der Waals surface area contributed by atoms with Gasteiger partial charge in [-0.1, -0.05) is 25.1 Å². The first-order valence-electron chi connectivity index (χ1n) is 7.60. The highest BCUT2D eigenvalue weighted by atomic mass is 16.5. The molecule has 0 unspecified atom stereocenters. The number of rotatable bonds is 7. The second-order valence-electron chi connectivity index (χ2n) is 5.13. The van der Waals surface area contributed by atoms with Gasteiger partial charge in [-0.15, -0.1) is 0 Å². The zero-order valence-corrected chi connectivity index (χ0v) is 13.7. The molecule has 0 bridgehead atoms. The van der Waals surface area contributed by atoms with Crippen molar-refractivity contribution in [3.63, 3.8) is 0 Å². The SMILES string of the molecule is CCc1cccc(C)c1NC(=O)c1cnc(NCCOC)nc1. The number of nitrogens with zero attached hydrogens (tertiary/aromatic N) is 2. The van der Waals surface area contributed by atoms with Crippen LogP contribution in [0.5, 0.6) is 0 Å². The molecule has 0 aliphatic rings. The summed E-state index contributed by atoms with van der Waals surface area (Å²) in [6.07, 6.45) is 3.89. The summed E-state index contributed by atoms with van der Waals surface area (Å²) in [6, 6.07) is 5.99. The predicted molar refractivity (Wildman–Crippen MR) is 90.9 cm³/mol. The largest absolute Gasteiger partial charge is 0.383 e. The third-order valence-electron chi connectivity index (χ3n) is 3.48. The van der Waals surface area contributed by atoms with Gasteiger partial charge < -0.3 is 15.4 Å². The smallest absolute Gasteiger partial charge is 0.258 e. The Morgan fingerprint density at radius 1 is 1.26 bits per heavy atom. The fourth-order valence-electron chi connectivity index (χ4n) is 2.19. The highest BCUT2D eigenvalue weighted by Gasteiger charge is 2.11. The van der Waals surface area contributed by atoms with Gasteiger partial charge in [-0.2, -0.15) is 0 Å². The van der Waals surface area contributed by atoms with Crippen molar-refractivity contribution in [2.45, 2.75) is 20.3 Å². The van der Waals surface area contributed by atoms with E-state index in [4.69, 9.17) is 4.74 Å². The number of aryl methyl sites for hydroxylation is 2. The summed E-state index contributed by atoms with van der Waals surface area (Å²) in [4.78, 5) is 20.7. The van der Waals surface area contributed by atoms with Gasteiger partial charge in [0, 0.05) is 31.7 Å².